The number of fused-ring (bicyclic) bond motifs is 1. The number of aliphatic hydroxyl groups is 1. The molecule has 1 amide bonds. The zero-order valence-corrected chi connectivity index (χ0v) is 15.3. The van der Waals surface area contributed by atoms with Gasteiger partial charge in [-0.3, -0.25) is 19.1 Å². The van der Waals surface area contributed by atoms with Gasteiger partial charge in [0, 0.05) is 30.6 Å². The molecule has 1 aromatic heterocycles. The van der Waals surface area contributed by atoms with Gasteiger partial charge in [0.15, 0.2) is 0 Å². The summed E-state index contributed by atoms with van der Waals surface area (Å²) in [6, 6.07) is 9.42. The average molecular weight is 357 g/mol. The molecule has 0 unspecified atom stereocenters. The Kier molecular flexibility index (Phi) is 6.06. The Hall–Kier alpha value is -2.18. The highest BCUT2D eigenvalue weighted by Gasteiger charge is 2.21. The number of benzene rings is 1. The Labute approximate surface area is 153 Å². The molecule has 140 valence electrons. The average Bonchev–Trinajstić information content (AvgIpc) is 2.65. The molecule has 0 radical (unpaired) electrons. The van der Waals surface area contributed by atoms with Gasteiger partial charge in [-0.05, 0) is 37.9 Å². The van der Waals surface area contributed by atoms with E-state index in [1.165, 1.54) is 4.57 Å². The summed E-state index contributed by atoms with van der Waals surface area (Å²) in [6.07, 6.45) is 3.29. The number of para-hydroxylation sites is 1. The van der Waals surface area contributed by atoms with Crippen LogP contribution < -0.4 is 10.9 Å². The molecule has 1 aromatic carbocycles. The summed E-state index contributed by atoms with van der Waals surface area (Å²) in [4.78, 5) is 26.9. The molecule has 1 saturated heterocycles. The van der Waals surface area contributed by atoms with Gasteiger partial charge in [0.2, 0.25) is 5.91 Å². The van der Waals surface area contributed by atoms with Gasteiger partial charge >= 0.3 is 0 Å². The number of likely N-dealkylation sites (tertiary alicyclic amines) is 1. The molecular formula is C20H27N3O3. The lowest BCUT2D eigenvalue weighted by molar-refractivity contribution is -0.121. The molecule has 0 aliphatic carbocycles. The highest BCUT2D eigenvalue weighted by molar-refractivity contribution is 5.84. The summed E-state index contributed by atoms with van der Waals surface area (Å²) >= 11 is 0. The van der Waals surface area contributed by atoms with Gasteiger partial charge in [-0.1, -0.05) is 24.6 Å². The van der Waals surface area contributed by atoms with Crippen LogP contribution in [-0.4, -0.2) is 52.8 Å². The molecule has 6 nitrogen and oxygen atoms in total. The van der Waals surface area contributed by atoms with Crippen LogP contribution in [0.15, 0.2) is 35.1 Å². The maximum Gasteiger partial charge on any atom is 0.251 e. The van der Waals surface area contributed by atoms with Gasteiger partial charge in [0.1, 0.15) is 6.54 Å². The van der Waals surface area contributed by atoms with Crippen molar-refractivity contribution in [3.05, 3.63) is 46.2 Å². The summed E-state index contributed by atoms with van der Waals surface area (Å²) in [5, 5.41) is 13.3. The molecule has 2 aromatic rings. The largest absolute Gasteiger partial charge is 0.395 e. The van der Waals surface area contributed by atoms with Crippen LogP contribution in [0, 0.1) is 6.92 Å². The van der Waals surface area contributed by atoms with Crippen LogP contribution >= 0.6 is 0 Å². The number of aromatic nitrogens is 1. The first kappa shape index (κ1) is 18.6. The standard InChI is InChI=1S/C20H27N3O3/c1-15-12-20(26)23(18-8-3-2-7-17(15)18)13-19(25)21-9-11-22-10-5-4-6-16(22)14-24/h2-3,7-8,12,16,24H,4-6,9-11,13-14H2,1H3,(H,21,25)/t16-/m0/s1. The minimum absolute atomic E-state index is 0.0169. The third-order valence-electron chi connectivity index (χ3n) is 5.21. The predicted molar refractivity (Wildman–Crippen MR) is 102 cm³/mol. The molecule has 26 heavy (non-hydrogen) atoms. The lowest BCUT2D eigenvalue weighted by atomic mass is 10.0. The number of rotatable bonds is 6. The number of pyridine rings is 1. The number of aliphatic hydroxyl groups excluding tert-OH is 1. The lowest BCUT2D eigenvalue weighted by Crippen LogP contribution is -2.46. The number of carbonyl (C=O) groups is 1. The van der Waals surface area contributed by atoms with Crippen LogP contribution in [0.5, 0.6) is 0 Å². The van der Waals surface area contributed by atoms with Gasteiger partial charge in [-0.2, -0.15) is 0 Å². The van der Waals surface area contributed by atoms with E-state index in [-0.39, 0.29) is 30.7 Å². The SMILES string of the molecule is Cc1cc(=O)n(CC(=O)NCCN2CCCC[C@H]2CO)c2ccccc12. The zero-order chi connectivity index (χ0) is 18.5. The van der Waals surface area contributed by atoms with Crippen molar-refractivity contribution in [2.75, 3.05) is 26.2 Å². The number of hydrogen-bond donors (Lipinski definition) is 2. The molecule has 2 heterocycles. The second-order valence-corrected chi connectivity index (χ2v) is 6.99. The van der Waals surface area contributed by atoms with E-state index in [0.717, 1.165) is 48.8 Å². The Morgan fingerprint density at radius 3 is 2.92 bits per heavy atom. The van der Waals surface area contributed by atoms with Crippen molar-refractivity contribution in [3.63, 3.8) is 0 Å². The molecular weight excluding hydrogens is 330 g/mol. The highest BCUT2D eigenvalue weighted by atomic mass is 16.3. The van der Waals surface area contributed by atoms with Gasteiger partial charge in [0.05, 0.1) is 12.1 Å². The van der Waals surface area contributed by atoms with E-state index in [9.17, 15) is 14.7 Å². The number of aryl methyl sites for hydroxylation is 1. The maximum absolute atomic E-state index is 12.3. The van der Waals surface area contributed by atoms with E-state index in [1.54, 1.807) is 6.07 Å². The van der Waals surface area contributed by atoms with Crippen LogP contribution in [0.25, 0.3) is 10.9 Å². The van der Waals surface area contributed by atoms with E-state index >= 15 is 0 Å². The third kappa shape index (κ3) is 4.14. The number of amides is 1. The number of carbonyl (C=O) groups excluding carboxylic acids is 1. The monoisotopic (exact) mass is 357 g/mol. The highest BCUT2D eigenvalue weighted by Crippen LogP contribution is 2.16. The fourth-order valence-corrected chi connectivity index (χ4v) is 3.76. The molecule has 0 bridgehead atoms. The maximum atomic E-state index is 12.3. The summed E-state index contributed by atoms with van der Waals surface area (Å²) in [5.41, 5.74) is 1.54. The van der Waals surface area contributed by atoms with Crippen molar-refractivity contribution in [2.45, 2.75) is 38.8 Å². The summed E-state index contributed by atoms with van der Waals surface area (Å²) in [7, 11) is 0. The Bertz CT molecular complexity index is 831. The van der Waals surface area contributed by atoms with Crippen LogP contribution in [0.3, 0.4) is 0 Å². The normalized spacial score (nSPS) is 18.2. The minimum Gasteiger partial charge on any atom is -0.395 e. The van der Waals surface area contributed by atoms with Crippen molar-refractivity contribution in [1.29, 1.82) is 0 Å². The van der Waals surface area contributed by atoms with Crippen LogP contribution in [-0.2, 0) is 11.3 Å². The first-order chi connectivity index (χ1) is 12.6. The lowest BCUT2D eigenvalue weighted by Gasteiger charge is -2.34. The first-order valence-corrected chi connectivity index (χ1v) is 9.31. The molecule has 1 fully saturated rings. The topological polar surface area (TPSA) is 74.6 Å². The van der Waals surface area contributed by atoms with Gasteiger partial charge in [0.25, 0.3) is 5.56 Å². The van der Waals surface area contributed by atoms with Crippen molar-refractivity contribution >= 4 is 16.8 Å². The zero-order valence-electron chi connectivity index (χ0n) is 15.3. The van der Waals surface area contributed by atoms with Crippen molar-refractivity contribution in [3.8, 4) is 0 Å². The predicted octanol–water partition coefficient (Wildman–Crippen LogP) is 1.27. The Morgan fingerprint density at radius 1 is 1.31 bits per heavy atom. The summed E-state index contributed by atoms with van der Waals surface area (Å²) < 4.78 is 1.52. The second kappa shape index (κ2) is 8.47. The fourth-order valence-electron chi connectivity index (χ4n) is 3.76. The molecule has 2 N–H and O–H groups in total. The second-order valence-electron chi connectivity index (χ2n) is 6.99. The summed E-state index contributed by atoms with van der Waals surface area (Å²) in [5.74, 6) is -0.168. The molecule has 1 atom stereocenters. The van der Waals surface area contributed by atoms with E-state index in [2.05, 4.69) is 10.2 Å². The molecule has 0 spiro atoms. The van der Waals surface area contributed by atoms with Gasteiger partial charge < -0.3 is 10.4 Å². The van der Waals surface area contributed by atoms with Gasteiger partial charge in [-0.15, -0.1) is 0 Å². The molecule has 6 heteroatoms. The van der Waals surface area contributed by atoms with E-state index in [0.29, 0.717) is 6.54 Å². The van der Waals surface area contributed by atoms with Crippen LogP contribution in [0.4, 0.5) is 0 Å². The first-order valence-electron chi connectivity index (χ1n) is 9.31. The Balaban J connectivity index is 1.62. The molecule has 1 aliphatic rings. The smallest absolute Gasteiger partial charge is 0.251 e. The van der Waals surface area contributed by atoms with Crippen molar-refractivity contribution in [2.24, 2.45) is 0 Å². The van der Waals surface area contributed by atoms with Crippen molar-refractivity contribution in [1.82, 2.24) is 14.8 Å². The molecule has 3 rings (SSSR count). The quantitative estimate of drug-likeness (QED) is 0.817. The number of nitrogens with zero attached hydrogens (tertiary/aromatic N) is 2. The van der Waals surface area contributed by atoms with Crippen molar-refractivity contribution < 1.29 is 9.90 Å². The third-order valence-corrected chi connectivity index (χ3v) is 5.21. The van der Waals surface area contributed by atoms with E-state index < -0.39 is 0 Å². The van der Waals surface area contributed by atoms with E-state index in [1.807, 2.05) is 31.2 Å². The minimum atomic E-state index is -0.168. The Morgan fingerprint density at radius 2 is 2.12 bits per heavy atom. The van der Waals surface area contributed by atoms with Gasteiger partial charge in [-0.25, -0.2) is 0 Å². The summed E-state index contributed by atoms with van der Waals surface area (Å²) in [6.45, 7) is 4.30. The molecule has 0 saturated carbocycles. The van der Waals surface area contributed by atoms with E-state index in [4.69, 9.17) is 0 Å². The fraction of sp³-hybridized carbons (Fsp3) is 0.500. The van der Waals surface area contributed by atoms with Crippen LogP contribution in [0.1, 0.15) is 24.8 Å². The number of hydrogen-bond acceptors (Lipinski definition) is 4. The molecule has 1 aliphatic heterocycles. The number of piperidine rings is 1. The number of nitrogens with one attached hydrogen (secondary N) is 1. The van der Waals surface area contributed by atoms with Crippen LogP contribution in [0.2, 0.25) is 0 Å².